The maximum absolute atomic E-state index is 5.16. The Balaban J connectivity index is 2.20. The molecule has 0 aliphatic heterocycles. The third-order valence-corrected chi connectivity index (χ3v) is 3.04. The molecule has 0 N–H and O–H groups in total. The summed E-state index contributed by atoms with van der Waals surface area (Å²) in [6.07, 6.45) is 2.15. The lowest BCUT2D eigenvalue weighted by atomic mass is 10.0. The Morgan fingerprint density at radius 3 is 1.74 bits per heavy atom. The van der Waals surface area contributed by atoms with Gasteiger partial charge in [-0.05, 0) is 47.9 Å². The highest BCUT2D eigenvalue weighted by atomic mass is 16.5. The van der Waals surface area contributed by atoms with Gasteiger partial charge in [0.15, 0.2) is 0 Å². The van der Waals surface area contributed by atoms with Crippen LogP contribution in [0.3, 0.4) is 0 Å². The number of hydrogen-bond acceptors (Lipinski definition) is 2. The van der Waals surface area contributed by atoms with E-state index in [1.807, 2.05) is 36.4 Å². The van der Waals surface area contributed by atoms with Crippen LogP contribution in [-0.4, -0.2) is 14.2 Å². The van der Waals surface area contributed by atoms with E-state index in [9.17, 15) is 0 Å². The summed E-state index contributed by atoms with van der Waals surface area (Å²) in [5, 5.41) is 0. The standard InChI is InChI=1S/C17H18O2/c1-13(15-6-10-17(19-3)11-7-15)12-14-4-8-16(18-2)9-5-14/h4-12H,1-3H3. The van der Waals surface area contributed by atoms with Crippen molar-refractivity contribution in [3.63, 3.8) is 0 Å². The quantitative estimate of drug-likeness (QED) is 0.759. The number of allylic oxidation sites excluding steroid dienone is 1. The summed E-state index contributed by atoms with van der Waals surface area (Å²) in [5.41, 5.74) is 3.57. The molecule has 19 heavy (non-hydrogen) atoms. The van der Waals surface area contributed by atoms with E-state index < -0.39 is 0 Å². The van der Waals surface area contributed by atoms with Crippen molar-refractivity contribution in [3.8, 4) is 11.5 Å². The largest absolute Gasteiger partial charge is 0.497 e. The second-order valence-electron chi connectivity index (χ2n) is 4.33. The first-order valence-corrected chi connectivity index (χ1v) is 6.19. The van der Waals surface area contributed by atoms with Gasteiger partial charge in [0.25, 0.3) is 0 Å². The van der Waals surface area contributed by atoms with Crippen molar-refractivity contribution in [1.82, 2.24) is 0 Å². The van der Waals surface area contributed by atoms with E-state index in [-0.39, 0.29) is 0 Å². The van der Waals surface area contributed by atoms with Gasteiger partial charge in [-0.2, -0.15) is 0 Å². The number of methoxy groups -OCH3 is 2. The SMILES string of the molecule is COc1ccc(C=C(C)c2ccc(OC)cc2)cc1. The van der Waals surface area contributed by atoms with E-state index in [2.05, 4.69) is 25.1 Å². The van der Waals surface area contributed by atoms with Gasteiger partial charge in [0, 0.05) is 0 Å². The molecule has 0 aliphatic rings. The fourth-order valence-electron chi connectivity index (χ4n) is 1.89. The lowest BCUT2D eigenvalue weighted by molar-refractivity contribution is 0.414. The molecule has 2 aromatic rings. The van der Waals surface area contributed by atoms with Crippen LogP contribution >= 0.6 is 0 Å². The molecule has 0 heterocycles. The van der Waals surface area contributed by atoms with Crippen LogP contribution in [0.2, 0.25) is 0 Å². The maximum atomic E-state index is 5.16. The maximum Gasteiger partial charge on any atom is 0.118 e. The van der Waals surface area contributed by atoms with Crippen molar-refractivity contribution >= 4 is 11.6 Å². The van der Waals surface area contributed by atoms with Crippen molar-refractivity contribution in [1.29, 1.82) is 0 Å². The molecule has 2 aromatic carbocycles. The molecular formula is C17H18O2. The van der Waals surface area contributed by atoms with Crippen molar-refractivity contribution in [2.24, 2.45) is 0 Å². The van der Waals surface area contributed by atoms with Gasteiger partial charge in [-0.1, -0.05) is 30.3 Å². The Hall–Kier alpha value is -2.22. The highest BCUT2D eigenvalue weighted by molar-refractivity contribution is 5.80. The molecule has 0 radical (unpaired) electrons. The van der Waals surface area contributed by atoms with Crippen LogP contribution in [0.5, 0.6) is 11.5 Å². The molecule has 0 aliphatic carbocycles. The molecule has 0 amide bonds. The molecule has 2 heteroatoms. The number of hydrogen-bond donors (Lipinski definition) is 0. The van der Waals surface area contributed by atoms with Crippen molar-refractivity contribution in [2.45, 2.75) is 6.92 Å². The minimum atomic E-state index is 0.874. The minimum absolute atomic E-state index is 0.874. The number of ether oxygens (including phenoxy) is 2. The van der Waals surface area contributed by atoms with E-state index in [0.717, 1.165) is 17.1 Å². The first kappa shape index (κ1) is 13.2. The molecule has 0 saturated carbocycles. The predicted molar refractivity (Wildman–Crippen MR) is 79.5 cm³/mol. The minimum Gasteiger partial charge on any atom is -0.497 e. The van der Waals surface area contributed by atoms with Crippen LogP contribution in [0.15, 0.2) is 48.5 Å². The summed E-state index contributed by atoms with van der Waals surface area (Å²) in [5.74, 6) is 1.75. The zero-order chi connectivity index (χ0) is 13.7. The average molecular weight is 254 g/mol. The van der Waals surface area contributed by atoms with Gasteiger partial charge < -0.3 is 9.47 Å². The van der Waals surface area contributed by atoms with Gasteiger partial charge in [-0.25, -0.2) is 0 Å². The number of benzene rings is 2. The van der Waals surface area contributed by atoms with E-state index in [4.69, 9.17) is 9.47 Å². The molecule has 0 unspecified atom stereocenters. The van der Waals surface area contributed by atoms with Crippen molar-refractivity contribution < 1.29 is 9.47 Å². The zero-order valence-corrected chi connectivity index (χ0v) is 11.5. The Bertz CT molecular complexity index is 551. The Labute approximate surface area is 114 Å². The second kappa shape index (κ2) is 6.10. The normalized spacial score (nSPS) is 11.2. The lowest BCUT2D eigenvalue weighted by Crippen LogP contribution is -1.85. The van der Waals surface area contributed by atoms with Gasteiger partial charge in [0.1, 0.15) is 11.5 Å². The fraction of sp³-hybridized carbons (Fsp3) is 0.176. The Morgan fingerprint density at radius 2 is 1.26 bits per heavy atom. The molecule has 2 nitrogen and oxygen atoms in total. The Morgan fingerprint density at radius 1 is 0.789 bits per heavy atom. The van der Waals surface area contributed by atoms with Crippen molar-refractivity contribution in [3.05, 3.63) is 59.7 Å². The van der Waals surface area contributed by atoms with Gasteiger partial charge in [-0.15, -0.1) is 0 Å². The van der Waals surface area contributed by atoms with Crippen LogP contribution in [0.1, 0.15) is 18.1 Å². The molecule has 0 aromatic heterocycles. The predicted octanol–water partition coefficient (Wildman–Crippen LogP) is 4.26. The summed E-state index contributed by atoms with van der Waals surface area (Å²) in [7, 11) is 3.35. The van der Waals surface area contributed by atoms with E-state index in [1.54, 1.807) is 14.2 Å². The molecule has 0 atom stereocenters. The van der Waals surface area contributed by atoms with Crippen LogP contribution in [0.4, 0.5) is 0 Å². The summed E-state index contributed by atoms with van der Waals surface area (Å²) in [6, 6.07) is 16.1. The third-order valence-electron chi connectivity index (χ3n) is 3.04. The first-order chi connectivity index (χ1) is 9.22. The van der Waals surface area contributed by atoms with Crippen molar-refractivity contribution in [2.75, 3.05) is 14.2 Å². The van der Waals surface area contributed by atoms with Crippen LogP contribution in [-0.2, 0) is 0 Å². The highest BCUT2D eigenvalue weighted by Gasteiger charge is 1.98. The van der Waals surface area contributed by atoms with Crippen LogP contribution < -0.4 is 9.47 Å². The van der Waals surface area contributed by atoms with Gasteiger partial charge in [0.2, 0.25) is 0 Å². The number of rotatable bonds is 4. The van der Waals surface area contributed by atoms with E-state index in [0.29, 0.717) is 0 Å². The average Bonchev–Trinajstić information content (AvgIpc) is 2.48. The van der Waals surface area contributed by atoms with Gasteiger partial charge in [0.05, 0.1) is 14.2 Å². The molecule has 0 spiro atoms. The molecule has 0 saturated heterocycles. The third kappa shape index (κ3) is 3.38. The Kier molecular flexibility index (Phi) is 4.24. The van der Waals surface area contributed by atoms with Crippen LogP contribution in [0, 0.1) is 0 Å². The topological polar surface area (TPSA) is 18.5 Å². The fourth-order valence-corrected chi connectivity index (χ4v) is 1.89. The highest BCUT2D eigenvalue weighted by Crippen LogP contribution is 2.21. The summed E-state index contributed by atoms with van der Waals surface area (Å²) < 4.78 is 10.3. The molecule has 98 valence electrons. The molecule has 2 rings (SSSR count). The zero-order valence-electron chi connectivity index (χ0n) is 11.5. The summed E-state index contributed by atoms with van der Waals surface area (Å²) in [6.45, 7) is 2.10. The first-order valence-electron chi connectivity index (χ1n) is 6.19. The van der Waals surface area contributed by atoms with Crippen LogP contribution in [0.25, 0.3) is 11.6 Å². The molecular weight excluding hydrogens is 236 g/mol. The van der Waals surface area contributed by atoms with Gasteiger partial charge >= 0.3 is 0 Å². The summed E-state index contributed by atoms with van der Waals surface area (Å²) in [4.78, 5) is 0. The van der Waals surface area contributed by atoms with E-state index in [1.165, 1.54) is 11.1 Å². The second-order valence-corrected chi connectivity index (χ2v) is 4.33. The van der Waals surface area contributed by atoms with E-state index >= 15 is 0 Å². The summed E-state index contributed by atoms with van der Waals surface area (Å²) >= 11 is 0. The molecule has 0 fully saturated rings. The van der Waals surface area contributed by atoms with Gasteiger partial charge in [-0.3, -0.25) is 0 Å². The smallest absolute Gasteiger partial charge is 0.118 e. The lowest BCUT2D eigenvalue weighted by Gasteiger charge is -2.05. The molecule has 0 bridgehead atoms. The monoisotopic (exact) mass is 254 g/mol.